The van der Waals surface area contributed by atoms with Gasteiger partial charge in [-0.2, -0.15) is 8.42 Å². The first-order chi connectivity index (χ1) is 5.74. The third-order valence-corrected chi connectivity index (χ3v) is 1.36. The summed E-state index contributed by atoms with van der Waals surface area (Å²) in [5.74, 6) is -0.900. The van der Waals surface area contributed by atoms with Crippen molar-refractivity contribution in [2.75, 3.05) is 7.11 Å². The van der Waals surface area contributed by atoms with Crippen molar-refractivity contribution in [2.45, 2.75) is 13.3 Å². The molecule has 0 aromatic carbocycles. The summed E-state index contributed by atoms with van der Waals surface area (Å²) in [6, 6.07) is 0. The zero-order valence-corrected chi connectivity index (χ0v) is 8.17. The number of carbonyl (C=O) groups is 1. The van der Waals surface area contributed by atoms with Crippen LogP contribution in [-0.4, -0.2) is 31.2 Å². The molecule has 78 valence electrons. The normalized spacial score (nSPS) is 9.77. The second-order valence-electron chi connectivity index (χ2n) is 1.86. The van der Waals surface area contributed by atoms with E-state index in [0.29, 0.717) is 6.42 Å². The highest BCUT2D eigenvalue weighted by Crippen LogP contribution is 1.93. The molecule has 0 radical (unpaired) electrons. The maximum atomic E-state index is 9.83. The van der Waals surface area contributed by atoms with Gasteiger partial charge in [0.05, 0.1) is 7.11 Å². The summed E-state index contributed by atoms with van der Waals surface area (Å²) in [6.45, 7) is 5.03. The van der Waals surface area contributed by atoms with Crippen LogP contribution in [-0.2, 0) is 19.4 Å². The van der Waals surface area contributed by atoms with Crippen LogP contribution in [0.15, 0.2) is 12.2 Å². The first-order valence-corrected chi connectivity index (χ1v) is 4.55. The zero-order chi connectivity index (χ0) is 11.1. The molecule has 0 aromatic rings. The Morgan fingerprint density at radius 1 is 1.54 bits per heavy atom. The van der Waals surface area contributed by atoms with Crippen LogP contribution in [0.25, 0.3) is 0 Å². The van der Waals surface area contributed by atoms with Gasteiger partial charge in [-0.1, -0.05) is 13.5 Å². The van der Waals surface area contributed by atoms with E-state index in [-0.39, 0.29) is 5.57 Å². The number of hydrogen-bond acceptors (Lipinski definition) is 4. The smallest absolute Gasteiger partial charge is 0.397 e. The van der Waals surface area contributed by atoms with E-state index in [2.05, 4.69) is 10.8 Å². The van der Waals surface area contributed by atoms with Crippen molar-refractivity contribution in [3.8, 4) is 0 Å². The summed E-state index contributed by atoms with van der Waals surface area (Å²) in [4.78, 5) is 9.83. The van der Waals surface area contributed by atoms with Crippen molar-refractivity contribution < 1.29 is 27.1 Å². The lowest BCUT2D eigenvalue weighted by Gasteiger charge is -1.87. The Balaban J connectivity index is 0. The van der Waals surface area contributed by atoms with Crippen LogP contribution < -0.4 is 0 Å². The van der Waals surface area contributed by atoms with Gasteiger partial charge in [0.15, 0.2) is 0 Å². The molecule has 0 amide bonds. The van der Waals surface area contributed by atoms with Gasteiger partial charge in [0.2, 0.25) is 0 Å². The van der Waals surface area contributed by atoms with Gasteiger partial charge in [0, 0.05) is 5.57 Å². The quantitative estimate of drug-likeness (QED) is 0.521. The molecule has 0 spiro atoms. The molecular formula is C6H12O6S. The van der Waals surface area contributed by atoms with Crippen molar-refractivity contribution in [3.05, 3.63) is 12.2 Å². The molecule has 0 unspecified atom stereocenters. The highest BCUT2D eigenvalue weighted by Gasteiger charge is 1.96. The van der Waals surface area contributed by atoms with E-state index in [9.17, 15) is 13.2 Å². The molecule has 0 saturated heterocycles. The number of aliphatic carboxylic acids is 1. The Kier molecular flexibility index (Phi) is 7.39. The summed E-state index contributed by atoms with van der Waals surface area (Å²) in [5.41, 5.74) is 0.264. The molecule has 7 heteroatoms. The van der Waals surface area contributed by atoms with E-state index in [1.54, 1.807) is 6.92 Å². The van der Waals surface area contributed by atoms with Crippen molar-refractivity contribution in [1.82, 2.24) is 0 Å². The molecule has 0 atom stereocenters. The Morgan fingerprint density at radius 2 is 1.85 bits per heavy atom. The van der Waals surface area contributed by atoms with E-state index in [0.717, 1.165) is 7.11 Å². The monoisotopic (exact) mass is 212 g/mol. The number of hydrogen-bond donors (Lipinski definition) is 2. The van der Waals surface area contributed by atoms with Gasteiger partial charge in [-0.3, -0.25) is 8.74 Å². The first kappa shape index (κ1) is 14.6. The molecule has 0 heterocycles. The van der Waals surface area contributed by atoms with Gasteiger partial charge in [-0.15, -0.1) is 0 Å². The summed E-state index contributed by atoms with van der Waals surface area (Å²) < 4.78 is 29.7. The Hall–Kier alpha value is -0.920. The zero-order valence-electron chi connectivity index (χ0n) is 7.35. The third kappa shape index (κ3) is 14.0. The predicted octanol–water partition coefficient (Wildman–Crippen LogP) is 0.473. The van der Waals surface area contributed by atoms with Gasteiger partial charge in [-0.25, -0.2) is 4.79 Å². The van der Waals surface area contributed by atoms with Crippen LogP contribution >= 0.6 is 0 Å². The third-order valence-electron chi connectivity index (χ3n) is 0.940. The lowest BCUT2D eigenvalue weighted by Crippen LogP contribution is -1.96. The number of carboxylic acids is 1. The Morgan fingerprint density at radius 3 is 1.85 bits per heavy atom. The van der Waals surface area contributed by atoms with Crippen LogP contribution in [0.1, 0.15) is 13.3 Å². The fourth-order valence-electron chi connectivity index (χ4n) is 0.151. The van der Waals surface area contributed by atoms with E-state index in [1.807, 2.05) is 0 Å². The van der Waals surface area contributed by atoms with Crippen LogP contribution in [0.2, 0.25) is 0 Å². The lowest BCUT2D eigenvalue weighted by molar-refractivity contribution is -0.132. The predicted molar refractivity (Wildman–Crippen MR) is 45.6 cm³/mol. The van der Waals surface area contributed by atoms with E-state index < -0.39 is 16.4 Å². The average molecular weight is 212 g/mol. The second-order valence-corrected chi connectivity index (χ2v) is 3.05. The molecule has 0 aromatic heterocycles. The maximum Gasteiger partial charge on any atom is 0.397 e. The second kappa shape index (κ2) is 6.58. The molecule has 0 rings (SSSR count). The highest BCUT2D eigenvalue weighted by molar-refractivity contribution is 7.80. The summed E-state index contributed by atoms with van der Waals surface area (Å²) in [6.07, 6.45) is 0.523. The number of rotatable bonds is 3. The molecule has 0 aliphatic heterocycles. The Bertz CT molecular complexity index is 265. The lowest BCUT2D eigenvalue weighted by atomic mass is 10.2. The first-order valence-electron chi connectivity index (χ1n) is 3.18. The molecule has 0 saturated carbocycles. The van der Waals surface area contributed by atoms with Gasteiger partial charge in [0.1, 0.15) is 0 Å². The molecular weight excluding hydrogens is 200 g/mol. The van der Waals surface area contributed by atoms with Crippen LogP contribution in [0.3, 0.4) is 0 Å². The summed E-state index contributed by atoms with van der Waals surface area (Å²) >= 11 is 0. The van der Waals surface area contributed by atoms with Crippen molar-refractivity contribution in [1.29, 1.82) is 0 Å². The largest absolute Gasteiger partial charge is 0.478 e. The van der Waals surface area contributed by atoms with Crippen LogP contribution in [0.5, 0.6) is 0 Å². The molecule has 6 nitrogen and oxygen atoms in total. The van der Waals surface area contributed by atoms with Crippen LogP contribution in [0.4, 0.5) is 0 Å². The molecule has 0 fully saturated rings. The van der Waals surface area contributed by atoms with Gasteiger partial charge < -0.3 is 5.11 Å². The fourth-order valence-corrected chi connectivity index (χ4v) is 0.151. The van der Waals surface area contributed by atoms with Crippen molar-refractivity contribution in [3.63, 3.8) is 0 Å². The van der Waals surface area contributed by atoms with Crippen LogP contribution in [0, 0.1) is 0 Å². The maximum absolute atomic E-state index is 9.83. The Labute approximate surface area is 76.8 Å². The van der Waals surface area contributed by atoms with Gasteiger partial charge in [0.25, 0.3) is 0 Å². The summed E-state index contributed by atoms with van der Waals surface area (Å²) in [5, 5.41) is 8.08. The molecule has 0 aliphatic carbocycles. The minimum absolute atomic E-state index is 0.264. The molecule has 0 aliphatic rings. The standard InChI is InChI=1S/C5H8O2.CH4O4S/c1-3-4(2)5(6)7;1-5-6(2,3)4/h2-3H2,1H3,(H,6,7);1H3,(H,2,3,4). The minimum Gasteiger partial charge on any atom is -0.478 e. The van der Waals surface area contributed by atoms with Crippen molar-refractivity contribution >= 4 is 16.4 Å². The van der Waals surface area contributed by atoms with E-state index in [4.69, 9.17) is 9.66 Å². The molecule has 0 bridgehead atoms. The SMILES string of the molecule is C=C(CC)C(=O)O.COS(=O)(=O)O. The van der Waals surface area contributed by atoms with Crippen molar-refractivity contribution in [2.24, 2.45) is 0 Å². The van der Waals surface area contributed by atoms with Gasteiger partial charge in [-0.05, 0) is 6.42 Å². The van der Waals surface area contributed by atoms with E-state index >= 15 is 0 Å². The minimum atomic E-state index is -4.16. The van der Waals surface area contributed by atoms with Gasteiger partial charge >= 0.3 is 16.4 Å². The summed E-state index contributed by atoms with van der Waals surface area (Å²) in [7, 11) is -3.29. The average Bonchev–Trinajstić information content (AvgIpc) is 2.02. The fraction of sp³-hybridized carbons (Fsp3) is 0.500. The molecule has 2 N–H and O–H groups in total. The highest BCUT2D eigenvalue weighted by atomic mass is 32.3. The topological polar surface area (TPSA) is 101 Å². The van der Waals surface area contributed by atoms with E-state index in [1.165, 1.54) is 0 Å². The molecule has 13 heavy (non-hydrogen) atoms. The number of carboxylic acid groups (broad SMARTS) is 1.